The van der Waals surface area contributed by atoms with Crippen molar-refractivity contribution in [2.45, 2.75) is 116 Å². The third kappa shape index (κ3) is 12.1. The Morgan fingerprint density at radius 3 is 1.92 bits per heavy atom. The number of fused-ring (bicyclic) bond motifs is 3. The molecule has 2 aromatic rings. The van der Waals surface area contributed by atoms with Crippen molar-refractivity contribution >= 4 is 24.2 Å². The van der Waals surface area contributed by atoms with Gasteiger partial charge in [0.25, 0.3) is 0 Å². The lowest BCUT2D eigenvalue weighted by atomic mass is 9.98. The number of nitrogens with one attached hydrogen (secondary N) is 2. The Morgan fingerprint density at radius 2 is 1.38 bits per heavy atom. The van der Waals surface area contributed by atoms with Gasteiger partial charge in [-0.05, 0) is 76.6 Å². The molecule has 0 unspecified atom stereocenters. The Balaban J connectivity index is 1.74. The highest BCUT2D eigenvalue weighted by Crippen LogP contribution is 2.44. The average molecular weight is 668 g/mol. The third-order valence-electron chi connectivity index (χ3n) is 7.84. The van der Waals surface area contributed by atoms with Crippen LogP contribution in [0.15, 0.2) is 48.5 Å². The second kappa shape index (κ2) is 17.2. The van der Waals surface area contributed by atoms with E-state index in [0.717, 1.165) is 47.9 Å². The molecule has 1 aliphatic carbocycles. The monoisotopic (exact) mass is 667 g/mol. The molecule has 0 heterocycles. The first-order chi connectivity index (χ1) is 22.6. The highest BCUT2D eigenvalue weighted by molar-refractivity contribution is 5.80. The zero-order chi connectivity index (χ0) is 35.5. The van der Waals surface area contributed by atoms with E-state index >= 15 is 0 Å². The predicted octanol–water partition coefficient (Wildman–Crippen LogP) is 7.47. The summed E-state index contributed by atoms with van der Waals surface area (Å²) in [7, 11) is 0. The van der Waals surface area contributed by atoms with Gasteiger partial charge in [0.2, 0.25) is 0 Å². The van der Waals surface area contributed by atoms with Gasteiger partial charge in [-0.15, -0.1) is 0 Å². The van der Waals surface area contributed by atoms with Crippen LogP contribution in [0.2, 0.25) is 0 Å². The number of hydrogen-bond donors (Lipinski definition) is 3. The van der Waals surface area contributed by atoms with E-state index in [0.29, 0.717) is 6.42 Å². The molecule has 0 bridgehead atoms. The number of carbonyl (C=O) groups is 4. The van der Waals surface area contributed by atoms with Crippen LogP contribution >= 0.6 is 0 Å². The summed E-state index contributed by atoms with van der Waals surface area (Å²) in [6, 6.07) is 14.4. The van der Waals surface area contributed by atoms with Gasteiger partial charge in [-0.1, -0.05) is 81.1 Å². The number of rotatable bonds is 15. The summed E-state index contributed by atoms with van der Waals surface area (Å²) in [6.07, 6.45) is 2.16. The number of carbonyl (C=O) groups excluding carboxylic acids is 3. The van der Waals surface area contributed by atoms with Gasteiger partial charge in [0.15, 0.2) is 0 Å². The van der Waals surface area contributed by atoms with Crippen LogP contribution in [0.3, 0.4) is 0 Å². The van der Waals surface area contributed by atoms with Gasteiger partial charge in [0.1, 0.15) is 23.9 Å². The van der Waals surface area contributed by atoms with Crippen LogP contribution in [0.4, 0.5) is 14.4 Å². The largest absolute Gasteiger partial charge is 0.480 e. The van der Waals surface area contributed by atoms with E-state index < -0.39 is 47.5 Å². The van der Waals surface area contributed by atoms with Crippen molar-refractivity contribution in [1.29, 1.82) is 0 Å². The fraction of sp³-hybridized carbons (Fsp3) is 0.568. The van der Waals surface area contributed by atoms with E-state index in [1.54, 1.807) is 41.5 Å². The van der Waals surface area contributed by atoms with E-state index in [-0.39, 0.29) is 32.0 Å². The molecular formula is C37H53N3O8. The minimum absolute atomic E-state index is 0.0560. The minimum atomic E-state index is -1.32. The topological polar surface area (TPSA) is 144 Å². The summed E-state index contributed by atoms with van der Waals surface area (Å²) < 4.78 is 16.7. The van der Waals surface area contributed by atoms with Gasteiger partial charge in [-0.2, -0.15) is 0 Å². The van der Waals surface area contributed by atoms with E-state index in [4.69, 9.17) is 14.2 Å². The number of benzene rings is 2. The smallest absolute Gasteiger partial charge is 0.410 e. The first-order valence-corrected chi connectivity index (χ1v) is 16.9. The molecule has 3 N–H and O–H groups in total. The van der Waals surface area contributed by atoms with Gasteiger partial charge in [0.05, 0.1) is 0 Å². The van der Waals surface area contributed by atoms with Crippen molar-refractivity contribution in [2.24, 2.45) is 0 Å². The lowest BCUT2D eigenvalue weighted by molar-refractivity contribution is -0.139. The van der Waals surface area contributed by atoms with Crippen molar-refractivity contribution in [1.82, 2.24) is 15.5 Å². The summed E-state index contributed by atoms with van der Waals surface area (Å²) >= 11 is 0. The van der Waals surface area contributed by atoms with Crippen LogP contribution in [0.25, 0.3) is 11.1 Å². The quantitative estimate of drug-likeness (QED) is 0.131. The van der Waals surface area contributed by atoms with Crippen molar-refractivity contribution in [2.75, 3.05) is 19.7 Å². The van der Waals surface area contributed by atoms with Crippen LogP contribution in [0.1, 0.15) is 104 Å². The van der Waals surface area contributed by atoms with Gasteiger partial charge in [-0.25, -0.2) is 19.2 Å². The predicted molar refractivity (Wildman–Crippen MR) is 184 cm³/mol. The second-order valence-electron chi connectivity index (χ2n) is 14.3. The van der Waals surface area contributed by atoms with Crippen LogP contribution in [0.5, 0.6) is 0 Å². The lowest BCUT2D eigenvalue weighted by Crippen LogP contribution is -2.50. The van der Waals surface area contributed by atoms with Crippen LogP contribution in [0, 0.1) is 0 Å². The lowest BCUT2D eigenvalue weighted by Gasteiger charge is -2.31. The van der Waals surface area contributed by atoms with Crippen LogP contribution in [-0.4, -0.2) is 77.2 Å². The number of nitrogens with zero attached hydrogens (tertiary/aromatic N) is 1. The number of alkyl carbamates (subject to hydrolysis) is 2. The highest BCUT2D eigenvalue weighted by Gasteiger charge is 2.31. The first kappa shape index (κ1) is 38.2. The average Bonchev–Trinajstić information content (AvgIpc) is 3.31. The van der Waals surface area contributed by atoms with Crippen molar-refractivity contribution < 1.29 is 38.5 Å². The number of unbranched alkanes of at least 4 members (excludes halogenated alkanes) is 3. The minimum Gasteiger partial charge on any atom is -0.480 e. The van der Waals surface area contributed by atoms with Gasteiger partial charge in [-0.3, -0.25) is 0 Å². The molecule has 0 aromatic heterocycles. The highest BCUT2D eigenvalue weighted by atomic mass is 16.6. The second-order valence-corrected chi connectivity index (χ2v) is 14.3. The van der Waals surface area contributed by atoms with Crippen molar-refractivity contribution in [3.05, 3.63) is 59.7 Å². The van der Waals surface area contributed by atoms with E-state index in [1.807, 2.05) is 24.3 Å². The van der Waals surface area contributed by atoms with Crippen molar-refractivity contribution in [3.8, 4) is 11.1 Å². The fourth-order valence-corrected chi connectivity index (χ4v) is 5.68. The third-order valence-corrected chi connectivity index (χ3v) is 7.84. The molecule has 0 spiro atoms. The Morgan fingerprint density at radius 1 is 0.792 bits per heavy atom. The SMILES string of the molecule is CCCCCC[C@@H](CN(CC[C@H](NC(=O)OC(C)(C)C)C(=O)O)C(=O)OC(C)(C)C)NC(=O)OCC1c2ccccc2-c2ccccc21. The van der Waals surface area contributed by atoms with E-state index in [2.05, 4.69) is 41.8 Å². The number of ether oxygens (including phenoxy) is 3. The Bertz CT molecular complexity index is 1350. The molecule has 0 radical (unpaired) electrons. The molecule has 264 valence electrons. The standard InChI is InChI=1S/C37H53N3O8/c1-8-9-10-11-16-25(38-33(43)46-24-30-28-19-14-12-17-26(28)27-18-13-15-20-29(27)30)23-40(35(45)48-37(5,6)7)22-21-31(32(41)42)39-34(44)47-36(2,3)4/h12-15,17-20,25,30-31H,8-11,16,21-24H2,1-7H3,(H,38,43)(H,39,44)(H,41,42)/t25-,31-/m0/s1. The Kier molecular flexibility index (Phi) is 13.7. The van der Waals surface area contributed by atoms with E-state index in [1.165, 1.54) is 4.90 Å². The molecule has 2 aromatic carbocycles. The Hall–Kier alpha value is -4.28. The molecular weight excluding hydrogens is 614 g/mol. The number of aliphatic carboxylic acids is 1. The van der Waals surface area contributed by atoms with Crippen LogP contribution < -0.4 is 10.6 Å². The first-order valence-electron chi connectivity index (χ1n) is 16.9. The summed E-state index contributed by atoms with van der Waals surface area (Å²) in [6.45, 7) is 12.5. The van der Waals surface area contributed by atoms with Crippen molar-refractivity contribution in [3.63, 3.8) is 0 Å². The summed E-state index contributed by atoms with van der Waals surface area (Å²) in [4.78, 5) is 52.4. The molecule has 0 fully saturated rings. The molecule has 11 nitrogen and oxygen atoms in total. The zero-order valence-electron chi connectivity index (χ0n) is 29.5. The number of carboxylic acid groups (broad SMARTS) is 1. The maximum absolute atomic E-state index is 13.4. The molecule has 48 heavy (non-hydrogen) atoms. The summed E-state index contributed by atoms with van der Waals surface area (Å²) in [5.74, 6) is -1.37. The number of amides is 3. The molecule has 3 rings (SSSR count). The van der Waals surface area contributed by atoms with Crippen LogP contribution in [-0.2, 0) is 19.0 Å². The maximum atomic E-state index is 13.4. The van der Waals surface area contributed by atoms with E-state index in [9.17, 15) is 24.3 Å². The maximum Gasteiger partial charge on any atom is 0.410 e. The number of carboxylic acids is 1. The number of hydrogen-bond acceptors (Lipinski definition) is 7. The molecule has 1 aliphatic rings. The molecule has 11 heteroatoms. The molecule has 0 aliphatic heterocycles. The molecule has 2 atom stereocenters. The van der Waals surface area contributed by atoms with Gasteiger partial charge < -0.3 is 34.9 Å². The normalized spacial score (nSPS) is 13.8. The summed E-state index contributed by atoms with van der Waals surface area (Å²) in [5.41, 5.74) is 2.84. The Labute approximate surface area is 284 Å². The zero-order valence-corrected chi connectivity index (χ0v) is 29.5. The molecule has 0 saturated heterocycles. The van der Waals surface area contributed by atoms with Gasteiger partial charge >= 0.3 is 24.2 Å². The molecule has 3 amide bonds. The fourth-order valence-electron chi connectivity index (χ4n) is 5.68. The molecule has 0 saturated carbocycles. The van der Waals surface area contributed by atoms with Gasteiger partial charge in [0, 0.05) is 25.0 Å². The summed E-state index contributed by atoms with van der Waals surface area (Å²) in [5, 5.41) is 15.2.